The summed E-state index contributed by atoms with van der Waals surface area (Å²) >= 11 is 5.21. The summed E-state index contributed by atoms with van der Waals surface area (Å²) in [5.41, 5.74) is 0. The SMILES string of the molecule is c1ccc(S[N+](Sc2ccccc2)Sc2ccccc2)cc1. The third kappa shape index (κ3) is 4.85. The first-order valence-corrected chi connectivity index (χ1v) is 9.21. The van der Waals surface area contributed by atoms with E-state index in [9.17, 15) is 0 Å². The minimum Gasteiger partial charge on any atom is -0.0622 e. The van der Waals surface area contributed by atoms with E-state index in [4.69, 9.17) is 0 Å². The smallest absolute Gasteiger partial charge is 0.0622 e. The molecule has 0 N–H and O–H groups in total. The van der Waals surface area contributed by atoms with Gasteiger partial charge in [-0.15, -0.1) is 0 Å². The molecule has 0 aliphatic carbocycles. The van der Waals surface area contributed by atoms with Gasteiger partial charge in [0.05, 0.1) is 17.8 Å². The Balaban J connectivity index is 1.75. The van der Waals surface area contributed by atoms with Crippen LogP contribution in [0.3, 0.4) is 0 Å². The third-order valence-electron chi connectivity index (χ3n) is 2.77. The molecule has 1 radical (unpaired) electrons. The Morgan fingerprint density at radius 1 is 0.409 bits per heavy atom. The summed E-state index contributed by atoms with van der Waals surface area (Å²) in [5.74, 6) is 0. The molecule has 0 spiro atoms. The minimum absolute atomic E-state index is 1.23. The van der Waals surface area contributed by atoms with Crippen LogP contribution in [0.1, 0.15) is 0 Å². The lowest BCUT2D eigenvalue weighted by Crippen LogP contribution is -2.01. The molecule has 0 saturated heterocycles. The van der Waals surface area contributed by atoms with Crippen LogP contribution in [0.25, 0.3) is 0 Å². The summed E-state index contributed by atoms with van der Waals surface area (Å²) in [7, 11) is 0. The molecule has 0 saturated carbocycles. The van der Waals surface area contributed by atoms with Crippen LogP contribution in [0.5, 0.6) is 0 Å². The maximum Gasteiger partial charge on any atom is 0.196 e. The highest BCUT2D eigenvalue weighted by Gasteiger charge is 2.26. The van der Waals surface area contributed by atoms with Gasteiger partial charge in [0.15, 0.2) is 35.8 Å². The molecule has 4 heteroatoms. The minimum atomic E-state index is 1.23. The zero-order valence-corrected chi connectivity index (χ0v) is 14.3. The molecule has 1 nitrogen and oxygen atoms in total. The highest BCUT2D eigenvalue weighted by atomic mass is 32.3. The molecule has 0 unspecified atom stereocenters. The molecule has 0 fully saturated rings. The lowest BCUT2D eigenvalue weighted by atomic mass is 10.4. The Morgan fingerprint density at radius 3 is 0.955 bits per heavy atom. The predicted molar refractivity (Wildman–Crippen MR) is 99.0 cm³/mol. The van der Waals surface area contributed by atoms with Crippen molar-refractivity contribution in [2.45, 2.75) is 14.7 Å². The van der Waals surface area contributed by atoms with E-state index < -0.39 is 0 Å². The predicted octanol–water partition coefficient (Wildman–Crippen LogP) is 6.25. The molecule has 0 aliphatic rings. The van der Waals surface area contributed by atoms with E-state index >= 15 is 0 Å². The van der Waals surface area contributed by atoms with E-state index in [1.54, 1.807) is 35.8 Å². The molecular weight excluding hydrogens is 326 g/mol. The first kappa shape index (κ1) is 15.6. The molecule has 3 aromatic rings. The maximum absolute atomic E-state index is 2.24. The van der Waals surface area contributed by atoms with Gasteiger partial charge < -0.3 is 0 Å². The van der Waals surface area contributed by atoms with Crippen LogP contribution in [0, 0.1) is 0 Å². The number of hydrogen-bond donors (Lipinski definition) is 0. The van der Waals surface area contributed by atoms with Gasteiger partial charge in [0, 0.05) is 0 Å². The Bertz CT molecular complexity index is 576. The zero-order valence-electron chi connectivity index (χ0n) is 11.8. The molecule has 0 aromatic heterocycles. The fourth-order valence-corrected chi connectivity index (χ4v) is 5.11. The average molecular weight is 342 g/mol. The van der Waals surface area contributed by atoms with E-state index in [1.165, 1.54) is 14.7 Å². The van der Waals surface area contributed by atoms with Crippen molar-refractivity contribution in [3.05, 3.63) is 91.0 Å². The Morgan fingerprint density at radius 2 is 0.682 bits per heavy atom. The van der Waals surface area contributed by atoms with Crippen molar-refractivity contribution in [3.8, 4) is 0 Å². The van der Waals surface area contributed by atoms with Crippen molar-refractivity contribution in [1.82, 2.24) is 3.12 Å². The monoisotopic (exact) mass is 341 g/mol. The zero-order chi connectivity index (χ0) is 15.0. The van der Waals surface area contributed by atoms with E-state index in [2.05, 4.69) is 75.9 Å². The average Bonchev–Trinajstić information content (AvgIpc) is 2.57. The third-order valence-corrected chi connectivity index (χ3v) is 6.01. The molecule has 0 heterocycles. The fraction of sp³-hybridized carbons (Fsp3) is 0. The quantitative estimate of drug-likeness (QED) is 0.386. The maximum atomic E-state index is 2.24. The van der Waals surface area contributed by atoms with Gasteiger partial charge in [-0.3, -0.25) is 0 Å². The number of hydrogen-bond acceptors (Lipinski definition) is 4. The summed E-state index contributed by atoms with van der Waals surface area (Å²) < 4.78 is 2.24. The first-order valence-electron chi connectivity index (χ1n) is 6.89. The van der Waals surface area contributed by atoms with Crippen molar-refractivity contribution in [1.29, 1.82) is 0 Å². The fourth-order valence-electron chi connectivity index (χ4n) is 1.76. The van der Waals surface area contributed by atoms with Gasteiger partial charge in [0.2, 0.25) is 0 Å². The molecule has 0 bridgehead atoms. The number of rotatable bonds is 6. The largest absolute Gasteiger partial charge is 0.196 e. The van der Waals surface area contributed by atoms with Gasteiger partial charge in [-0.05, 0) is 36.4 Å². The van der Waals surface area contributed by atoms with Crippen LogP contribution in [0.2, 0.25) is 0 Å². The summed E-state index contributed by atoms with van der Waals surface area (Å²) in [5, 5.41) is 0. The van der Waals surface area contributed by atoms with Crippen molar-refractivity contribution < 1.29 is 0 Å². The van der Waals surface area contributed by atoms with Gasteiger partial charge in [0.25, 0.3) is 0 Å². The van der Waals surface area contributed by atoms with E-state index in [1.807, 2.05) is 18.2 Å². The standard InChI is InChI=1S/C18H15NS3/c1-4-10-16(11-5-1)20-19(21-17-12-6-2-7-13-17)22-18-14-8-3-9-15-18/h1-15H/q+1. The summed E-state index contributed by atoms with van der Waals surface area (Å²) in [6.45, 7) is 0. The summed E-state index contributed by atoms with van der Waals surface area (Å²) in [6, 6.07) is 31.4. The van der Waals surface area contributed by atoms with E-state index in [0.29, 0.717) is 0 Å². The second-order valence-corrected chi connectivity index (χ2v) is 8.19. The van der Waals surface area contributed by atoms with Crippen molar-refractivity contribution in [2.24, 2.45) is 0 Å². The highest BCUT2D eigenvalue weighted by Crippen LogP contribution is 2.39. The topological polar surface area (TPSA) is 5.90 Å². The van der Waals surface area contributed by atoms with Gasteiger partial charge in [-0.25, -0.2) is 0 Å². The molecule has 0 amide bonds. The van der Waals surface area contributed by atoms with Crippen molar-refractivity contribution in [3.63, 3.8) is 0 Å². The van der Waals surface area contributed by atoms with Crippen LogP contribution in [0.4, 0.5) is 0 Å². The van der Waals surface area contributed by atoms with Gasteiger partial charge >= 0.3 is 0 Å². The second kappa shape index (κ2) is 8.34. The van der Waals surface area contributed by atoms with E-state index in [0.717, 1.165) is 0 Å². The molecule has 3 aromatic carbocycles. The second-order valence-electron chi connectivity index (χ2n) is 4.44. The summed E-state index contributed by atoms with van der Waals surface area (Å²) in [4.78, 5) is 3.69. The molecule has 109 valence electrons. The van der Waals surface area contributed by atoms with E-state index in [-0.39, 0.29) is 0 Å². The number of benzene rings is 3. The Kier molecular flexibility index (Phi) is 5.90. The molecule has 0 aliphatic heterocycles. The van der Waals surface area contributed by atoms with Gasteiger partial charge in [0.1, 0.15) is 0 Å². The molecule has 0 atom stereocenters. The van der Waals surface area contributed by atoms with Gasteiger partial charge in [-0.1, -0.05) is 54.6 Å². The van der Waals surface area contributed by atoms with Crippen LogP contribution >= 0.6 is 35.8 Å². The van der Waals surface area contributed by atoms with Crippen LogP contribution < -0.4 is 3.12 Å². The highest BCUT2D eigenvalue weighted by molar-refractivity contribution is 8.27. The Labute approximate surface area is 144 Å². The van der Waals surface area contributed by atoms with Crippen LogP contribution in [0.15, 0.2) is 106 Å². The first-order chi connectivity index (χ1) is 10.9. The van der Waals surface area contributed by atoms with Gasteiger partial charge in [-0.2, -0.15) is 0 Å². The summed E-state index contributed by atoms with van der Waals surface area (Å²) in [6.07, 6.45) is 0. The molecule has 22 heavy (non-hydrogen) atoms. The Hall–Kier alpha value is -1.33. The lowest BCUT2D eigenvalue weighted by molar-refractivity contribution is 1.36. The lowest BCUT2D eigenvalue weighted by Gasteiger charge is -2.04. The number of nitrogens with zero attached hydrogens (tertiary/aromatic N) is 1. The van der Waals surface area contributed by atoms with Crippen LogP contribution in [-0.4, -0.2) is 0 Å². The normalized spacial score (nSPS) is 10.8. The molecular formula is C18H15NS3+. The van der Waals surface area contributed by atoms with Crippen molar-refractivity contribution in [2.75, 3.05) is 0 Å². The molecule has 3 rings (SSSR count). The van der Waals surface area contributed by atoms with Crippen LogP contribution in [-0.2, 0) is 0 Å². The van der Waals surface area contributed by atoms with Crippen molar-refractivity contribution >= 4 is 35.8 Å².